The monoisotopic (exact) mass is 478 g/mol. The van der Waals surface area contributed by atoms with Crippen LogP contribution >= 0.6 is 0 Å². The summed E-state index contributed by atoms with van der Waals surface area (Å²) in [6.45, 7) is 8.86. The van der Waals surface area contributed by atoms with Gasteiger partial charge in [-0.3, -0.25) is 9.62 Å². The van der Waals surface area contributed by atoms with E-state index >= 15 is 0 Å². The third kappa shape index (κ3) is 5.80. The van der Waals surface area contributed by atoms with E-state index in [0.717, 1.165) is 42.8 Å². The lowest BCUT2D eigenvalue weighted by Crippen LogP contribution is -2.43. The van der Waals surface area contributed by atoms with Gasteiger partial charge in [0.05, 0.1) is 10.6 Å². The van der Waals surface area contributed by atoms with Gasteiger partial charge in [0.25, 0.3) is 10.0 Å². The quantitative estimate of drug-likeness (QED) is 0.421. The number of hydrogen-bond donors (Lipinski definition) is 1. The van der Waals surface area contributed by atoms with Crippen LogP contribution in [0.3, 0.4) is 0 Å². The minimum atomic E-state index is -3.66. The van der Waals surface area contributed by atoms with Gasteiger partial charge in [0, 0.05) is 18.7 Å². The van der Waals surface area contributed by atoms with E-state index in [9.17, 15) is 8.42 Å². The summed E-state index contributed by atoms with van der Waals surface area (Å²) in [4.78, 5) is 2.74. The Labute approximate surface area is 203 Å². The normalized spacial score (nSPS) is 15.7. The first kappa shape index (κ1) is 24.3. The molecule has 0 saturated carbocycles. The van der Waals surface area contributed by atoms with Crippen molar-refractivity contribution in [1.29, 1.82) is 0 Å². The molecule has 3 aromatic rings. The van der Waals surface area contributed by atoms with Crippen LogP contribution in [-0.2, 0) is 23.0 Å². The Morgan fingerprint density at radius 2 is 1.76 bits per heavy atom. The molecule has 6 heteroatoms. The maximum Gasteiger partial charge on any atom is 0.261 e. The largest absolute Gasteiger partial charge is 0.492 e. The molecular formula is C28H34N2O3S. The third-order valence-electron chi connectivity index (χ3n) is 6.32. The number of rotatable bonds is 9. The smallest absolute Gasteiger partial charge is 0.261 e. The van der Waals surface area contributed by atoms with E-state index in [4.69, 9.17) is 4.74 Å². The third-order valence-corrected chi connectivity index (χ3v) is 7.72. The van der Waals surface area contributed by atoms with Crippen LogP contribution in [0, 0.1) is 0 Å². The van der Waals surface area contributed by atoms with Crippen LogP contribution in [0.25, 0.3) is 0 Å². The second kappa shape index (κ2) is 10.6. The van der Waals surface area contributed by atoms with Crippen molar-refractivity contribution in [2.24, 2.45) is 0 Å². The highest BCUT2D eigenvalue weighted by Gasteiger charge is 2.26. The maximum atomic E-state index is 12.9. The summed E-state index contributed by atoms with van der Waals surface area (Å²) < 4.78 is 34.6. The molecule has 1 N–H and O–H groups in total. The summed E-state index contributed by atoms with van der Waals surface area (Å²) in [5.74, 6) is 1.11. The minimum Gasteiger partial charge on any atom is -0.492 e. The van der Waals surface area contributed by atoms with Gasteiger partial charge >= 0.3 is 0 Å². The molecule has 1 aliphatic heterocycles. The summed E-state index contributed by atoms with van der Waals surface area (Å²) in [7, 11) is -3.66. The Morgan fingerprint density at radius 3 is 2.44 bits per heavy atom. The Hall–Kier alpha value is -2.83. The molecule has 0 saturated heterocycles. The van der Waals surface area contributed by atoms with Gasteiger partial charge in [-0.15, -0.1) is 0 Å². The molecule has 0 aliphatic carbocycles. The Balaban J connectivity index is 1.46. The lowest BCUT2D eigenvalue weighted by atomic mass is 10.00. The molecule has 180 valence electrons. The summed E-state index contributed by atoms with van der Waals surface area (Å²) in [6.07, 6.45) is 1.96. The van der Waals surface area contributed by atoms with E-state index in [2.05, 4.69) is 54.7 Å². The van der Waals surface area contributed by atoms with Gasteiger partial charge < -0.3 is 4.74 Å². The van der Waals surface area contributed by atoms with Crippen molar-refractivity contribution in [2.75, 3.05) is 17.9 Å². The highest BCUT2D eigenvalue weighted by molar-refractivity contribution is 7.92. The highest BCUT2D eigenvalue weighted by atomic mass is 32.2. The van der Waals surface area contributed by atoms with Crippen molar-refractivity contribution in [3.05, 3.63) is 89.5 Å². The van der Waals surface area contributed by atoms with Crippen molar-refractivity contribution in [3.63, 3.8) is 0 Å². The number of nitrogens with zero attached hydrogens (tertiary/aromatic N) is 1. The average molecular weight is 479 g/mol. The van der Waals surface area contributed by atoms with Crippen molar-refractivity contribution in [3.8, 4) is 5.75 Å². The molecule has 1 aliphatic rings. The van der Waals surface area contributed by atoms with Gasteiger partial charge in [-0.1, -0.05) is 69.3 Å². The summed E-state index contributed by atoms with van der Waals surface area (Å²) in [6, 6.07) is 23.5. The van der Waals surface area contributed by atoms with Crippen LogP contribution in [0.4, 0.5) is 5.69 Å². The van der Waals surface area contributed by atoms with Gasteiger partial charge in [-0.05, 0) is 60.2 Å². The van der Waals surface area contributed by atoms with E-state index in [-0.39, 0.29) is 10.9 Å². The summed E-state index contributed by atoms with van der Waals surface area (Å²) >= 11 is 0. The van der Waals surface area contributed by atoms with Crippen molar-refractivity contribution < 1.29 is 13.2 Å². The molecular weight excluding hydrogens is 444 g/mol. The fourth-order valence-corrected chi connectivity index (χ4v) is 5.45. The molecule has 0 aromatic heterocycles. The van der Waals surface area contributed by atoms with E-state index in [0.29, 0.717) is 18.2 Å². The highest BCUT2D eigenvalue weighted by Crippen LogP contribution is 2.31. The Kier molecular flexibility index (Phi) is 7.59. The zero-order valence-corrected chi connectivity index (χ0v) is 21.0. The molecule has 1 unspecified atom stereocenters. The summed E-state index contributed by atoms with van der Waals surface area (Å²) in [5, 5.41) is 0. The Morgan fingerprint density at radius 1 is 1.03 bits per heavy atom. The molecule has 1 atom stereocenters. The number of nitrogens with one attached hydrogen (secondary N) is 1. The van der Waals surface area contributed by atoms with E-state index < -0.39 is 10.0 Å². The van der Waals surface area contributed by atoms with Crippen molar-refractivity contribution in [1.82, 2.24) is 4.90 Å². The van der Waals surface area contributed by atoms with Crippen molar-refractivity contribution >= 4 is 15.7 Å². The molecule has 4 rings (SSSR count). The first-order chi connectivity index (χ1) is 16.4. The standard InChI is InChI=1S/C28H34N2O3S/c1-4-16-30(19-22-8-6-5-7-9-22)26-17-24-10-13-25(18-28(24)33-20-26)29-34(31,32)27-14-11-23(12-15-27)21(2)3/h5-15,18,21,26,29H,4,16-17,19-20H2,1-3H3. The van der Waals surface area contributed by atoms with Crippen LogP contribution in [0.15, 0.2) is 77.7 Å². The molecule has 0 radical (unpaired) electrons. The van der Waals surface area contributed by atoms with E-state index in [1.165, 1.54) is 5.56 Å². The van der Waals surface area contributed by atoms with E-state index in [1.807, 2.05) is 30.3 Å². The van der Waals surface area contributed by atoms with Gasteiger partial charge in [-0.25, -0.2) is 8.42 Å². The lowest BCUT2D eigenvalue weighted by Gasteiger charge is -2.35. The first-order valence-electron chi connectivity index (χ1n) is 12.0. The zero-order chi connectivity index (χ0) is 24.1. The first-order valence-corrected chi connectivity index (χ1v) is 13.5. The van der Waals surface area contributed by atoms with Crippen LogP contribution < -0.4 is 9.46 Å². The molecule has 3 aromatic carbocycles. The maximum absolute atomic E-state index is 12.9. The van der Waals surface area contributed by atoms with Gasteiger partial charge in [0.1, 0.15) is 12.4 Å². The number of sulfonamides is 1. The number of anilines is 1. The number of hydrogen-bond acceptors (Lipinski definition) is 4. The predicted octanol–water partition coefficient (Wildman–Crippen LogP) is 5.83. The molecule has 0 fully saturated rings. The second-order valence-electron chi connectivity index (χ2n) is 9.28. The lowest BCUT2D eigenvalue weighted by molar-refractivity contribution is 0.113. The van der Waals surface area contributed by atoms with Gasteiger partial charge in [-0.2, -0.15) is 0 Å². The molecule has 0 spiro atoms. The van der Waals surface area contributed by atoms with Gasteiger partial charge in [0.15, 0.2) is 0 Å². The number of ether oxygens (including phenoxy) is 1. The zero-order valence-electron chi connectivity index (χ0n) is 20.2. The van der Waals surface area contributed by atoms with Crippen LogP contribution in [0.1, 0.15) is 49.8 Å². The minimum absolute atomic E-state index is 0.256. The molecule has 1 heterocycles. The Bertz CT molecular complexity index is 1190. The second-order valence-corrected chi connectivity index (χ2v) is 11.0. The van der Waals surface area contributed by atoms with Gasteiger partial charge in [0.2, 0.25) is 0 Å². The molecule has 34 heavy (non-hydrogen) atoms. The molecule has 5 nitrogen and oxygen atoms in total. The summed E-state index contributed by atoms with van der Waals surface area (Å²) in [5.41, 5.74) is 4.03. The average Bonchev–Trinajstić information content (AvgIpc) is 2.84. The molecule has 0 amide bonds. The topological polar surface area (TPSA) is 58.6 Å². The van der Waals surface area contributed by atoms with Crippen LogP contribution in [0.5, 0.6) is 5.75 Å². The van der Waals surface area contributed by atoms with E-state index in [1.54, 1.807) is 18.2 Å². The van der Waals surface area contributed by atoms with Crippen molar-refractivity contribution in [2.45, 2.75) is 57.0 Å². The fraction of sp³-hybridized carbons (Fsp3) is 0.357. The SMILES string of the molecule is CCCN(Cc1ccccc1)C1COc2cc(NS(=O)(=O)c3ccc(C(C)C)cc3)ccc2C1. The number of benzene rings is 3. The van der Waals surface area contributed by atoms with Crippen LogP contribution in [0.2, 0.25) is 0 Å². The van der Waals surface area contributed by atoms with Crippen LogP contribution in [-0.4, -0.2) is 32.5 Å². The fourth-order valence-electron chi connectivity index (χ4n) is 4.40. The molecule has 0 bridgehead atoms. The number of fused-ring (bicyclic) bond motifs is 1. The predicted molar refractivity (Wildman–Crippen MR) is 138 cm³/mol.